The molecule has 1 aliphatic rings. The van der Waals surface area contributed by atoms with Gasteiger partial charge in [-0.25, -0.2) is 0 Å². The smallest absolute Gasteiger partial charge is 0.325 e. The van der Waals surface area contributed by atoms with E-state index in [1.807, 2.05) is 24.3 Å². The summed E-state index contributed by atoms with van der Waals surface area (Å²) < 4.78 is 38.8. The van der Waals surface area contributed by atoms with Crippen molar-refractivity contribution in [2.24, 2.45) is 0 Å². The first-order valence-electron chi connectivity index (χ1n) is 9.67. The Balaban J connectivity index is 1.68. The molecule has 1 aliphatic heterocycles. The molecular weight excluding hydrogens is 457 g/mol. The number of rotatable bonds is 4. The molecule has 1 N–H and O–H groups in total. The molecule has 0 atom stereocenters. The summed E-state index contributed by atoms with van der Waals surface area (Å²) in [6, 6.07) is 12.1. The SMILES string of the molecule is CC(C)(C)c1ccc(/C=C2\SC(=S)N(CC(=O)Nc3cccc(C(F)(F)F)c3)C2=O)cc1. The van der Waals surface area contributed by atoms with Gasteiger partial charge in [-0.2, -0.15) is 13.2 Å². The van der Waals surface area contributed by atoms with Gasteiger partial charge in [-0.15, -0.1) is 0 Å². The van der Waals surface area contributed by atoms with Gasteiger partial charge < -0.3 is 5.32 Å². The molecule has 0 aromatic heterocycles. The molecule has 2 aromatic carbocycles. The van der Waals surface area contributed by atoms with Crippen LogP contribution in [0.3, 0.4) is 0 Å². The third-order valence-electron chi connectivity index (χ3n) is 4.72. The lowest BCUT2D eigenvalue weighted by Crippen LogP contribution is -2.36. The quantitative estimate of drug-likeness (QED) is 0.443. The number of benzene rings is 2. The summed E-state index contributed by atoms with van der Waals surface area (Å²) >= 11 is 6.31. The largest absolute Gasteiger partial charge is 0.416 e. The zero-order valence-corrected chi connectivity index (χ0v) is 19.3. The highest BCUT2D eigenvalue weighted by molar-refractivity contribution is 8.26. The van der Waals surface area contributed by atoms with Crippen LogP contribution in [0.4, 0.5) is 18.9 Å². The maximum absolute atomic E-state index is 12.8. The summed E-state index contributed by atoms with van der Waals surface area (Å²) in [7, 11) is 0. The summed E-state index contributed by atoms with van der Waals surface area (Å²) in [6.07, 6.45) is -2.81. The van der Waals surface area contributed by atoms with Crippen LogP contribution in [0, 0.1) is 0 Å². The van der Waals surface area contributed by atoms with E-state index in [1.54, 1.807) is 6.08 Å². The van der Waals surface area contributed by atoms with Crippen molar-refractivity contribution in [1.82, 2.24) is 4.90 Å². The van der Waals surface area contributed by atoms with Crippen LogP contribution in [0.15, 0.2) is 53.4 Å². The normalized spacial score (nSPS) is 16.1. The van der Waals surface area contributed by atoms with Crippen molar-refractivity contribution in [2.75, 3.05) is 11.9 Å². The van der Waals surface area contributed by atoms with E-state index in [0.717, 1.165) is 39.9 Å². The van der Waals surface area contributed by atoms with Gasteiger partial charge in [0.25, 0.3) is 5.91 Å². The fraction of sp³-hybridized carbons (Fsp3) is 0.261. The van der Waals surface area contributed by atoms with Gasteiger partial charge in [-0.05, 0) is 40.8 Å². The molecule has 2 amide bonds. The lowest BCUT2D eigenvalue weighted by atomic mass is 9.87. The maximum Gasteiger partial charge on any atom is 0.416 e. The molecule has 32 heavy (non-hydrogen) atoms. The van der Waals surface area contributed by atoms with Crippen molar-refractivity contribution >= 4 is 51.9 Å². The second-order valence-electron chi connectivity index (χ2n) is 8.27. The first kappa shape index (κ1) is 24.0. The van der Waals surface area contributed by atoms with E-state index in [4.69, 9.17) is 12.2 Å². The van der Waals surface area contributed by atoms with Crippen LogP contribution < -0.4 is 5.32 Å². The van der Waals surface area contributed by atoms with Crippen molar-refractivity contribution in [1.29, 1.82) is 0 Å². The molecule has 1 heterocycles. The minimum absolute atomic E-state index is 0.00887. The second-order valence-corrected chi connectivity index (χ2v) is 9.94. The molecule has 9 heteroatoms. The van der Waals surface area contributed by atoms with Crippen LogP contribution >= 0.6 is 24.0 Å². The summed E-state index contributed by atoms with van der Waals surface area (Å²) in [5, 5.41) is 2.39. The van der Waals surface area contributed by atoms with Crippen molar-refractivity contribution < 1.29 is 22.8 Å². The zero-order valence-electron chi connectivity index (χ0n) is 17.6. The van der Waals surface area contributed by atoms with E-state index in [-0.39, 0.29) is 22.0 Å². The van der Waals surface area contributed by atoms with Crippen molar-refractivity contribution in [2.45, 2.75) is 32.4 Å². The lowest BCUT2D eigenvalue weighted by molar-refractivity contribution is -0.137. The topological polar surface area (TPSA) is 49.4 Å². The molecule has 1 fully saturated rings. The fourth-order valence-corrected chi connectivity index (χ4v) is 4.24. The number of hydrogen-bond donors (Lipinski definition) is 1. The molecule has 0 bridgehead atoms. The molecule has 3 rings (SSSR count). The number of halogens is 3. The predicted molar refractivity (Wildman–Crippen MR) is 125 cm³/mol. The average molecular weight is 479 g/mol. The summed E-state index contributed by atoms with van der Waals surface area (Å²) in [5.41, 5.74) is 1.11. The Morgan fingerprint density at radius 1 is 1.09 bits per heavy atom. The average Bonchev–Trinajstić information content (AvgIpc) is 2.94. The minimum atomic E-state index is -4.52. The molecular formula is C23H21F3N2O2S2. The van der Waals surface area contributed by atoms with Gasteiger partial charge in [0.15, 0.2) is 0 Å². The van der Waals surface area contributed by atoms with Crippen molar-refractivity contribution in [3.05, 3.63) is 70.1 Å². The summed E-state index contributed by atoms with van der Waals surface area (Å²) in [4.78, 5) is 26.6. The Bertz CT molecular complexity index is 1090. The Morgan fingerprint density at radius 3 is 2.34 bits per heavy atom. The summed E-state index contributed by atoms with van der Waals surface area (Å²) in [5.74, 6) is -1.06. The number of carbonyl (C=O) groups is 2. The van der Waals surface area contributed by atoms with Crippen LogP contribution in [0.25, 0.3) is 6.08 Å². The van der Waals surface area contributed by atoms with Gasteiger partial charge in [-0.1, -0.05) is 75.1 Å². The third kappa shape index (κ3) is 5.77. The van der Waals surface area contributed by atoms with Crippen molar-refractivity contribution in [3.63, 3.8) is 0 Å². The molecule has 0 unspecified atom stereocenters. The highest BCUT2D eigenvalue weighted by Crippen LogP contribution is 2.33. The van der Waals surface area contributed by atoms with Crippen LogP contribution in [-0.2, 0) is 21.2 Å². The van der Waals surface area contributed by atoms with Gasteiger partial charge in [-0.3, -0.25) is 14.5 Å². The number of alkyl halides is 3. The number of hydrogen-bond acceptors (Lipinski definition) is 4. The van der Waals surface area contributed by atoms with Gasteiger partial charge in [0, 0.05) is 5.69 Å². The maximum atomic E-state index is 12.8. The monoisotopic (exact) mass is 478 g/mol. The third-order valence-corrected chi connectivity index (χ3v) is 6.10. The van der Waals surface area contributed by atoms with E-state index in [9.17, 15) is 22.8 Å². The molecule has 1 saturated heterocycles. The molecule has 0 radical (unpaired) electrons. The number of nitrogens with one attached hydrogen (secondary N) is 1. The number of thioether (sulfide) groups is 1. The van der Waals surface area contributed by atoms with Crippen molar-refractivity contribution in [3.8, 4) is 0 Å². The molecule has 0 spiro atoms. The molecule has 0 aliphatic carbocycles. The summed E-state index contributed by atoms with van der Waals surface area (Å²) in [6.45, 7) is 5.94. The zero-order chi connectivity index (χ0) is 23.7. The molecule has 168 valence electrons. The number of thiocarbonyl (C=S) groups is 1. The van der Waals surface area contributed by atoms with Gasteiger partial charge in [0.1, 0.15) is 10.9 Å². The number of amides is 2. The van der Waals surface area contributed by atoms with Crippen LogP contribution in [0.1, 0.15) is 37.5 Å². The molecule has 2 aromatic rings. The van der Waals surface area contributed by atoms with Crippen LogP contribution in [-0.4, -0.2) is 27.6 Å². The van der Waals surface area contributed by atoms with E-state index >= 15 is 0 Å². The highest BCUT2D eigenvalue weighted by Gasteiger charge is 2.34. The first-order valence-corrected chi connectivity index (χ1v) is 10.9. The number of nitrogens with zero attached hydrogens (tertiary/aromatic N) is 1. The van der Waals surface area contributed by atoms with Crippen LogP contribution in [0.2, 0.25) is 0 Å². The predicted octanol–water partition coefficient (Wildman–Crippen LogP) is 5.84. The second kappa shape index (κ2) is 9.07. The Morgan fingerprint density at radius 2 is 1.75 bits per heavy atom. The van der Waals surface area contributed by atoms with E-state index in [0.29, 0.717) is 4.91 Å². The van der Waals surface area contributed by atoms with Crippen LogP contribution in [0.5, 0.6) is 0 Å². The first-order chi connectivity index (χ1) is 14.8. The highest BCUT2D eigenvalue weighted by atomic mass is 32.2. The molecule has 0 saturated carbocycles. The Kier molecular flexibility index (Phi) is 6.80. The number of carbonyl (C=O) groups excluding carboxylic acids is 2. The van der Waals surface area contributed by atoms with E-state index in [1.165, 1.54) is 12.1 Å². The van der Waals surface area contributed by atoms with Gasteiger partial charge >= 0.3 is 6.18 Å². The number of anilines is 1. The van der Waals surface area contributed by atoms with Gasteiger partial charge in [0.2, 0.25) is 5.91 Å². The Hall–Kier alpha value is -2.65. The van der Waals surface area contributed by atoms with E-state index in [2.05, 4.69) is 26.1 Å². The van der Waals surface area contributed by atoms with E-state index < -0.39 is 23.6 Å². The minimum Gasteiger partial charge on any atom is -0.325 e. The molecule has 4 nitrogen and oxygen atoms in total. The Labute approximate surface area is 193 Å². The van der Waals surface area contributed by atoms with Gasteiger partial charge in [0.05, 0.1) is 10.5 Å². The standard InChI is InChI=1S/C23H21F3N2O2S2/c1-22(2,3)15-9-7-14(8-10-15)11-18-20(30)28(21(31)32-18)13-19(29)27-17-6-4-5-16(12-17)23(24,25)26/h4-12H,13H2,1-3H3,(H,27,29)/b18-11-. The lowest BCUT2D eigenvalue weighted by Gasteiger charge is -2.18. The fourth-order valence-electron chi connectivity index (χ4n) is 2.98.